The van der Waals surface area contributed by atoms with Crippen molar-refractivity contribution in [2.45, 2.75) is 32.9 Å². The van der Waals surface area contributed by atoms with Crippen LogP contribution in [-0.2, 0) is 6.54 Å². The summed E-state index contributed by atoms with van der Waals surface area (Å²) in [5.41, 5.74) is 1.12. The molecule has 0 aliphatic rings. The molecule has 0 radical (unpaired) electrons. The minimum Gasteiger partial charge on any atom is -0.508 e. The fraction of sp³-hybridized carbons (Fsp3) is 0.571. The van der Waals surface area contributed by atoms with Gasteiger partial charge in [-0.15, -0.1) is 0 Å². The van der Waals surface area contributed by atoms with Crippen molar-refractivity contribution in [1.29, 1.82) is 0 Å². The van der Waals surface area contributed by atoms with Crippen molar-refractivity contribution < 1.29 is 5.11 Å². The lowest BCUT2D eigenvalue weighted by atomic mass is 10.2. The van der Waals surface area contributed by atoms with Crippen LogP contribution < -0.4 is 5.32 Å². The van der Waals surface area contributed by atoms with E-state index < -0.39 is 0 Å². The molecule has 0 saturated heterocycles. The molecule has 1 aromatic carbocycles. The van der Waals surface area contributed by atoms with Gasteiger partial charge < -0.3 is 15.3 Å². The van der Waals surface area contributed by atoms with E-state index in [0.29, 0.717) is 11.8 Å². The average Bonchev–Trinajstić information content (AvgIpc) is 2.33. The first-order valence-corrected chi connectivity index (χ1v) is 6.32. The molecule has 17 heavy (non-hydrogen) atoms. The molecular weight excluding hydrogens is 212 g/mol. The van der Waals surface area contributed by atoms with Gasteiger partial charge in [0.05, 0.1) is 0 Å². The van der Waals surface area contributed by atoms with Crippen molar-refractivity contribution in [2.75, 3.05) is 20.1 Å². The predicted molar refractivity (Wildman–Crippen MR) is 72.2 cm³/mol. The molecule has 0 bridgehead atoms. The monoisotopic (exact) mass is 236 g/mol. The Kier molecular flexibility index (Phi) is 6.01. The number of aromatic hydroxyl groups is 1. The highest BCUT2D eigenvalue weighted by atomic mass is 16.3. The maximum Gasteiger partial charge on any atom is 0.115 e. The molecule has 1 unspecified atom stereocenters. The lowest BCUT2D eigenvalue weighted by molar-refractivity contribution is 0.251. The third kappa shape index (κ3) is 5.20. The summed E-state index contributed by atoms with van der Waals surface area (Å²) in [5, 5.41) is 12.7. The lowest BCUT2D eigenvalue weighted by Gasteiger charge is -2.23. The third-order valence-electron chi connectivity index (χ3n) is 3.22. The van der Waals surface area contributed by atoms with E-state index in [1.54, 1.807) is 12.1 Å². The molecule has 0 spiro atoms. The Hall–Kier alpha value is -1.06. The number of rotatable bonds is 7. The Balaban J connectivity index is 2.20. The van der Waals surface area contributed by atoms with Crippen LogP contribution >= 0.6 is 0 Å². The van der Waals surface area contributed by atoms with Crippen molar-refractivity contribution >= 4 is 0 Å². The minimum atomic E-state index is 0.334. The summed E-state index contributed by atoms with van der Waals surface area (Å²) in [6.45, 7) is 7.28. The first kappa shape index (κ1) is 14.0. The highest BCUT2D eigenvalue weighted by Gasteiger charge is 2.05. The quantitative estimate of drug-likeness (QED) is 0.713. The van der Waals surface area contributed by atoms with Gasteiger partial charge in [-0.05, 0) is 38.1 Å². The van der Waals surface area contributed by atoms with E-state index in [1.807, 2.05) is 12.1 Å². The van der Waals surface area contributed by atoms with Gasteiger partial charge in [-0.25, -0.2) is 0 Å². The van der Waals surface area contributed by atoms with E-state index in [-0.39, 0.29) is 0 Å². The third-order valence-corrected chi connectivity index (χ3v) is 3.22. The highest BCUT2D eigenvalue weighted by Crippen LogP contribution is 2.10. The summed E-state index contributed by atoms with van der Waals surface area (Å²) in [5.74, 6) is 0.334. The van der Waals surface area contributed by atoms with Gasteiger partial charge in [0.25, 0.3) is 0 Å². The van der Waals surface area contributed by atoms with Gasteiger partial charge in [-0.3, -0.25) is 0 Å². The second kappa shape index (κ2) is 7.30. The number of benzene rings is 1. The van der Waals surface area contributed by atoms with Gasteiger partial charge in [-0.1, -0.05) is 19.1 Å². The van der Waals surface area contributed by atoms with E-state index in [4.69, 9.17) is 0 Å². The number of likely N-dealkylation sites (N-methyl/N-ethyl adjacent to an activating group) is 1. The molecule has 0 aliphatic heterocycles. The van der Waals surface area contributed by atoms with E-state index in [0.717, 1.165) is 25.2 Å². The standard InChI is InChI=1S/C14H24N2O/c1-4-12(2)16(3)9-8-15-11-13-6-5-7-14(17)10-13/h5-7,10,12,15,17H,4,8-9,11H2,1-3H3. The molecule has 1 aromatic rings. The minimum absolute atomic E-state index is 0.334. The fourth-order valence-corrected chi connectivity index (χ4v) is 1.69. The van der Waals surface area contributed by atoms with Crippen LogP contribution in [0.4, 0.5) is 0 Å². The molecule has 0 heterocycles. The van der Waals surface area contributed by atoms with Crippen LogP contribution in [-0.4, -0.2) is 36.2 Å². The number of hydrogen-bond donors (Lipinski definition) is 2. The van der Waals surface area contributed by atoms with Gasteiger partial charge >= 0.3 is 0 Å². The van der Waals surface area contributed by atoms with Crippen molar-refractivity contribution in [3.05, 3.63) is 29.8 Å². The molecule has 1 rings (SSSR count). The van der Waals surface area contributed by atoms with Crippen LogP contribution in [0, 0.1) is 0 Å². The second-order valence-corrected chi connectivity index (χ2v) is 4.58. The van der Waals surface area contributed by atoms with E-state index >= 15 is 0 Å². The summed E-state index contributed by atoms with van der Waals surface area (Å²) >= 11 is 0. The molecule has 0 saturated carbocycles. The van der Waals surface area contributed by atoms with Crippen LogP contribution in [0.2, 0.25) is 0 Å². The summed E-state index contributed by atoms with van der Waals surface area (Å²) in [4.78, 5) is 2.36. The summed E-state index contributed by atoms with van der Waals surface area (Å²) in [6.07, 6.45) is 1.18. The van der Waals surface area contributed by atoms with Crippen LogP contribution in [0.3, 0.4) is 0 Å². The van der Waals surface area contributed by atoms with Gasteiger partial charge in [0, 0.05) is 25.7 Å². The van der Waals surface area contributed by atoms with Gasteiger partial charge in [0.15, 0.2) is 0 Å². The van der Waals surface area contributed by atoms with Crippen LogP contribution in [0.15, 0.2) is 24.3 Å². The topological polar surface area (TPSA) is 35.5 Å². The molecular formula is C14H24N2O. The Morgan fingerprint density at radius 1 is 1.41 bits per heavy atom. The fourth-order valence-electron chi connectivity index (χ4n) is 1.69. The summed E-state index contributed by atoms with van der Waals surface area (Å²) in [6, 6.07) is 8.02. The normalized spacial score (nSPS) is 12.9. The smallest absolute Gasteiger partial charge is 0.115 e. The van der Waals surface area contributed by atoms with Crippen molar-refractivity contribution in [3.63, 3.8) is 0 Å². The van der Waals surface area contributed by atoms with Crippen molar-refractivity contribution in [2.24, 2.45) is 0 Å². The zero-order valence-electron chi connectivity index (χ0n) is 11.1. The zero-order chi connectivity index (χ0) is 12.7. The molecule has 3 heteroatoms. The molecule has 3 nitrogen and oxygen atoms in total. The Bertz CT molecular complexity index is 328. The molecule has 1 atom stereocenters. The van der Waals surface area contributed by atoms with E-state index in [9.17, 15) is 5.11 Å². The number of hydrogen-bond acceptors (Lipinski definition) is 3. The van der Waals surface area contributed by atoms with Crippen LogP contribution in [0.1, 0.15) is 25.8 Å². The SMILES string of the molecule is CCC(C)N(C)CCNCc1cccc(O)c1. The van der Waals surface area contributed by atoms with E-state index in [2.05, 4.69) is 31.1 Å². The molecule has 0 aromatic heterocycles. The van der Waals surface area contributed by atoms with Crippen LogP contribution in [0.25, 0.3) is 0 Å². The number of nitrogens with one attached hydrogen (secondary N) is 1. The molecule has 0 fully saturated rings. The average molecular weight is 236 g/mol. The van der Waals surface area contributed by atoms with Gasteiger partial charge in [0.2, 0.25) is 0 Å². The zero-order valence-corrected chi connectivity index (χ0v) is 11.1. The first-order valence-electron chi connectivity index (χ1n) is 6.32. The maximum absolute atomic E-state index is 9.33. The first-order chi connectivity index (χ1) is 8.13. The van der Waals surface area contributed by atoms with Gasteiger partial charge in [-0.2, -0.15) is 0 Å². The number of phenols is 1. The largest absolute Gasteiger partial charge is 0.508 e. The van der Waals surface area contributed by atoms with Gasteiger partial charge in [0.1, 0.15) is 5.75 Å². The van der Waals surface area contributed by atoms with Crippen molar-refractivity contribution in [1.82, 2.24) is 10.2 Å². The highest BCUT2D eigenvalue weighted by molar-refractivity contribution is 5.26. The number of nitrogens with zero attached hydrogens (tertiary/aromatic N) is 1. The van der Waals surface area contributed by atoms with Crippen LogP contribution in [0.5, 0.6) is 5.75 Å². The van der Waals surface area contributed by atoms with Crippen molar-refractivity contribution in [3.8, 4) is 5.75 Å². The molecule has 0 amide bonds. The maximum atomic E-state index is 9.33. The molecule has 2 N–H and O–H groups in total. The molecule has 0 aliphatic carbocycles. The molecule has 96 valence electrons. The Morgan fingerprint density at radius 3 is 2.82 bits per heavy atom. The van der Waals surface area contributed by atoms with E-state index in [1.165, 1.54) is 6.42 Å². The number of phenolic OH excluding ortho intramolecular Hbond substituents is 1. The second-order valence-electron chi connectivity index (χ2n) is 4.58. The lowest BCUT2D eigenvalue weighted by Crippen LogP contribution is -2.34. The predicted octanol–water partition coefficient (Wildman–Crippen LogP) is 2.21. The Labute approximate surface area is 104 Å². The Morgan fingerprint density at radius 2 is 2.18 bits per heavy atom. The summed E-state index contributed by atoms with van der Waals surface area (Å²) in [7, 11) is 2.16. The summed E-state index contributed by atoms with van der Waals surface area (Å²) < 4.78 is 0.